The summed E-state index contributed by atoms with van der Waals surface area (Å²) >= 11 is 0. The topological polar surface area (TPSA) is 78.9 Å². The van der Waals surface area contributed by atoms with Gasteiger partial charge in [0.15, 0.2) is 6.10 Å². The molecule has 1 atom stereocenters. The van der Waals surface area contributed by atoms with E-state index in [0.29, 0.717) is 19.3 Å². The van der Waals surface area contributed by atoms with Crippen molar-refractivity contribution < 1.29 is 28.6 Å². The third-order valence-corrected chi connectivity index (χ3v) is 16.5. The smallest absolute Gasteiger partial charge is 0.306 e. The molecule has 0 radical (unpaired) electrons. The van der Waals surface area contributed by atoms with E-state index in [4.69, 9.17) is 14.2 Å². The molecule has 6 heteroatoms. The fourth-order valence-electron chi connectivity index (χ4n) is 11.1. The zero-order valence-electron chi connectivity index (χ0n) is 55.7. The Morgan fingerprint density at radius 3 is 0.735 bits per heavy atom. The highest BCUT2D eigenvalue weighted by molar-refractivity contribution is 5.71. The maximum Gasteiger partial charge on any atom is 0.306 e. The van der Waals surface area contributed by atoms with E-state index in [1.807, 2.05) is 0 Å². The molecule has 0 amide bonds. The van der Waals surface area contributed by atoms with Crippen LogP contribution in [0.25, 0.3) is 0 Å². The van der Waals surface area contributed by atoms with Crippen molar-refractivity contribution >= 4 is 17.9 Å². The first-order valence-corrected chi connectivity index (χ1v) is 36.8. The third-order valence-electron chi connectivity index (χ3n) is 16.5. The van der Waals surface area contributed by atoms with Crippen molar-refractivity contribution in [1.82, 2.24) is 0 Å². The average molecular weight is 1160 g/mol. The van der Waals surface area contributed by atoms with Crippen LogP contribution in [0.5, 0.6) is 0 Å². The first-order chi connectivity index (χ1) is 41.0. The van der Waals surface area contributed by atoms with E-state index in [1.165, 1.54) is 270 Å². The molecule has 1 unspecified atom stereocenters. The summed E-state index contributed by atoms with van der Waals surface area (Å²) in [6, 6.07) is 0. The van der Waals surface area contributed by atoms with Gasteiger partial charge in [-0.15, -0.1) is 0 Å². The molecular weight excluding hydrogens is 1020 g/mol. The Morgan fingerprint density at radius 1 is 0.253 bits per heavy atom. The van der Waals surface area contributed by atoms with Crippen LogP contribution in [0.2, 0.25) is 0 Å². The van der Waals surface area contributed by atoms with E-state index in [2.05, 4.69) is 81.5 Å². The lowest BCUT2D eigenvalue weighted by Crippen LogP contribution is -2.30. The lowest BCUT2D eigenvalue weighted by atomic mass is 10.0. The molecule has 6 nitrogen and oxygen atoms in total. The van der Waals surface area contributed by atoms with E-state index >= 15 is 0 Å². The lowest BCUT2D eigenvalue weighted by Gasteiger charge is -2.18. The molecule has 0 rings (SSSR count). The predicted octanol–water partition coefficient (Wildman–Crippen LogP) is 25.5. The summed E-state index contributed by atoms with van der Waals surface area (Å²) in [7, 11) is 0. The van der Waals surface area contributed by atoms with Gasteiger partial charge in [0.05, 0.1) is 0 Å². The van der Waals surface area contributed by atoms with Gasteiger partial charge in [0.1, 0.15) is 13.2 Å². The van der Waals surface area contributed by atoms with Crippen LogP contribution in [-0.2, 0) is 28.6 Å². The van der Waals surface area contributed by atoms with Gasteiger partial charge in [-0.05, 0) is 57.8 Å². The van der Waals surface area contributed by atoms with Gasteiger partial charge < -0.3 is 14.2 Å². The zero-order valence-corrected chi connectivity index (χ0v) is 55.7. The minimum atomic E-state index is -0.796. The predicted molar refractivity (Wildman–Crippen MR) is 362 cm³/mol. The molecule has 0 aliphatic heterocycles. The molecule has 0 bridgehead atoms. The maximum absolute atomic E-state index is 13.0. The van der Waals surface area contributed by atoms with Gasteiger partial charge >= 0.3 is 17.9 Å². The minimum absolute atomic E-state index is 0.0867. The number of carbonyl (C=O) groups is 3. The average Bonchev–Trinajstić information content (AvgIpc) is 3.49. The van der Waals surface area contributed by atoms with E-state index < -0.39 is 6.10 Å². The molecule has 0 aliphatic carbocycles. The highest BCUT2D eigenvalue weighted by Crippen LogP contribution is 2.19. The molecule has 0 aromatic heterocycles. The molecule has 0 saturated carbocycles. The summed E-state index contributed by atoms with van der Waals surface area (Å²) < 4.78 is 17.0. The lowest BCUT2D eigenvalue weighted by molar-refractivity contribution is -0.167. The highest BCUT2D eigenvalue weighted by atomic mass is 16.6. The van der Waals surface area contributed by atoms with Crippen molar-refractivity contribution in [3.05, 3.63) is 60.8 Å². The molecule has 0 aromatic carbocycles. The van der Waals surface area contributed by atoms with Gasteiger partial charge in [0.2, 0.25) is 0 Å². The highest BCUT2D eigenvalue weighted by Gasteiger charge is 2.19. The van der Waals surface area contributed by atoms with Crippen molar-refractivity contribution in [1.29, 1.82) is 0 Å². The second-order valence-electron chi connectivity index (χ2n) is 24.8. The van der Waals surface area contributed by atoms with Crippen LogP contribution in [0.1, 0.15) is 393 Å². The van der Waals surface area contributed by atoms with Crippen LogP contribution in [0.4, 0.5) is 0 Å². The summed E-state index contributed by atoms with van der Waals surface area (Å²) in [5.41, 5.74) is 0. The number of carbonyl (C=O) groups excluding carboxylic acids is 3. The van der Waals surface area contributed by atoms with Gasteiger partial charge in [-0.3, -0.25) is 14.4 Å². The first kappa shape index (κ1) is 80.1. The van der Waals surface area contributed by atoms with Crippen LogP contribution < -0.4 is 0 Å². The van der Waals surface area contributed by atoms with Crippen LogP contribution in [0.15, 0.2) is 60.8 Å². The van der Waals surface area contributed by atoms with Crippen LogP contribution in [0.3, 0.4) is 0 Å². The Morgan fingerprint density at radius 2 is 0.470 bits per heavy atom. The molecular formula is C77H140O6. The van der Waals surface area contributed by atoms with E-state index in [1.54, 1.807) is 0 Å². The van der Waals surface area contributed by atoms with Crippen LogP contribution in [0, 0.1) is 0 Å². The standard InChI is InChI=1S/C77H140O6/c1-4-7-10-13-16-19-22-25-28-31-33-34-35-36-37-38-39-40-41-42-43-44-47-49-52-55-58-61-64-67-70-76(79)82-73-74(72-81-75(78)69-66-63-60-57-54-51-48-45-30-27-24-21-18-15-12-9-6-3)83-77(80)71-68-65-62-59-56-53-50-46-32-29-26-23-20-17-14-11-8-5-2/h9,12,18,21,27,30,48,51,57,60,74H,4-8,10-11,13-17,19-20,22-26,28-29,31-47,49-50,52-56,58-59,61-73H2,1-3H3/b12-9-,21-18-,30-27-,51-48-,60-57-. The number of hydrogen-bond donors (Lipinski definition) is 0. The molecule has 0 heterocycles. The largest absolute Gasteiger partial charge is 0.462 e. The van der Waals surface area contributed by atoms with Crippen molar-refractivity contribution in [3.63, 3.8) is 0 Å². The molecule has 0 aliphatic rings. The SMILES string of the molecule is CC/C=C\C/C=C\C/C=C\C/C=C\C/C=C\CCCC(=O)OCC(COC(=O)CCCCCCCCCCCCCCCCCCCCCCCCCCCCCCCC)OC(=O)CCCCCCCCCCCCCCCCCCCC. The number of allylic oxidation sites excluding steroid dienone is 10. The van der Waals surface area contributed by atoms with E-state index in [-0.39, 0.29) is 37.5 Å². The molecule has 484 valence electrons. The Kier molecular flexibility index (Phi) is 69.1. The Hall–Kier alpha value is -2.89. The number of unbranched alkanes of at least 4 members (excludes halogenated alkanes) is 47. The van der Waals surface area contributed by atoms with E-state index in [0.717, 1.165) is 77.0 Å². The van der Waals surface area contributed by atoms with Crippen LogP contribution in [-0.4, -0.2) is 37.2 Å². The Balaban J connectivity index is 4.25. The van der Waals surface area contributed by atoms with Gasteiger partial charge in [-0.1, -0.05) is 377 Å². The van der Waals surface area contributed by atoms with Crippen molar-refractivity contribution in [2.24, 2.45) is 0 Å². The quantitative estimate of drug-likeness (QED) is 0.0261. The summed E-state index contributed by atoms with van der Waals surface area (Å²) in [5, 5.41) is 0. The van der Waals surface area contributed by atoms with Gasteiger partial charge in [0, 0.05) is 19.3 Å². The van der Waals surface area contributed by atoms with Gasteiger partial charge in [-0.25, -0.2) is 0 Å². The fourth-order valence-corrected chi connectivity index (χ4v) is 11.1. The maximum atomic E-state index is 13.0. The van der Waals surface area contributed by atoms with E-state index in [9.17, 15) is 14.4 Å². The van der Waals surface area contributed by atoms with Crippen molar-refractivity contribution in [2.75, 3.05) is 13.2 Å². The van der Waals surface area contributed by atoms with Crippen molar-refractivity contribution in [2.45, 2.75) is 399 Å². The Bertz CT molecular complexity index is 1470. The Labute approximate surface area is 517 Å². The summed E-state index contributed by atoms with van der Waals surface area (Å²) in [6.07, 6.45) is 92.8. The molecule has 83 heavy (non-hydrogen) atoms. The van der Waals surface area contributed by atoms with Crippen molar-refractivity contribution in [3.8, 4) is 0 Å². The number of ether oxygens (including phenoxy) is 3. The molecule has 0 saturated heterocycles. The molecule has 0 fully saturated rings. The zero-order chi connectivity index (χ0) is 59.9. The molecule has 0 spiro atoms. The second kappa shape index (κ2) is 71.6. The second-order valence-corrected chi connectivity index (χ2v) is 24.8. The minimum Gasteiger partial charge on any atom is -0.462 e. The summed E-state index contributed by atoms with van der Waals surface area (Å²) in [4.78, 5) is 38.4. The number of esters is 3. The fraction of sp³-hybridized carbons (Fsp3) is 0.831. The monoisotopic (exact) mass is 1160 g/mol. The number of hydrogen-bond acceptors (Lipinski definition) is 6. The van der Waals surface area contributed by atoms with Gasteiger partial charge in [0.25, 0.3) is 0 Å². The normalized spacial score (nSPS) is 12.4. The number of rotatable bonds is 68. The first-order valence-electron chi connectivity index (χ1n) is 36.8. The molecule has 0 N–H and O–H groups in total. The summed E-state index contributed by atoms with van der Waals surface area (Å²) in [5.74, 6) is -0.921. The molecule has 0 aromatic rings. The van der Waals surface area contributed by atoms with Gasteiger partial charge in [-0.2, -0.15) is 0 Å². The van der Waals surface area contributed by atoms with Crippen LogP contribution >= 0.6 is 0 Å². The summed E-state index contributed by atoms with van der Waals surface area (Å²) in [6.45, 7) is 6.55. The third kappa shape index (κ3) is 69.8.